The summed E-state index contributed by atoms with van der Waals surface area (Å²) in [6, 6.07) is 14.1. The van der Waals surface area contributed by atoms with Crippen LogP contribution in [-0.2, 0) is 16.1 Å². The second-order valence-corrected chi connectivity index (χ2v) is 7.25. The number of hydrogen-bond acceptors (Lipinski definition) is 5. The Bertz CT molecular complexity index is 826. The lowest BCUT2D eigenvalue weighted by molar-refractivity contribution is -0.140. The molecular weight excluding hydrogens is 366 g/mol. The van der Waals surface area contributed by atoms with Crippen LogP contribution in [0, 0.1) is 0 Å². The van der Waals surface area contributed by atoms with Gasteiger partial charge in [-0.25, -0.2) is 0 Å². The van der Waals surface area contributed by atoms with Gasteiger partial charge >= 0.3 is 5.97 Å². The van der Waals surface area contributed by atoms with Gasteiger partial charge in [0.1, 0.15) is 16.7 Å². The van der Waals surface area contributed by atoms with Crippen LogP contribution in [0.2, 0.25) is 0 Å². The summed E-state index contributed by atoms with van der Waals surface area (Å²) in [6.07, 6.45) is 0. The quantitative estimate of drug-likeness (QED) is 0.821. The molecule has 3 rings (SSSR count). The van der Waals surface area contributed by atoms with E-state index in [1.54, 1.807) is 31.3 Å². The highest BCUT2D eigenvalue weighted by molar-refractivity contribution is 8.01. The van der Waals surface area contributed by atoms with E-state index in [0.717, 1.165) is 11.1 Å². The number of ether oxygens (including phenoxy) is 2. The van der Waals surface area contributed by atoms with Crippen molar-refractivity contribution in [3.63, 3.8) is 0 Å². The molecule has 0 saturated carbocycles. The van der Waals surface area contributed by atoms with Crippen LogP contribution in [0.3, 0.4) is 0 Å². The fraction of sp³-hybridized carbons (Fsp3) is 0.300. The average Bonchev–Trinajstić information content (AvgIpc) is 2.69. The van der Waals surface area contributed by atoms with Crippen LogP contribution >= 0.6 is 11.8 Å². The lowest BCUT2D eigenvalue weighted by Crippen LogP contribution is -2.47. The van der Waals surface area contributed by atoms with Crippen molar-refractivity contribution < 1.29 is 24.2 Å². The molecule has 1 saturated heterocycles. The number of methoxy groups -OCH3 is 2. The molecule has 1 fully saturated rings. The van der Waals surface area contributed by atoms with Gasteiger partial charge in [0.2, 0.25) is 5.91 Å². The minimum Gasteiger partial charge on any atom is -0.497 e. The van der Waals surface area contributed by atoms with Gasteiger partial charge in [-0.1, -0.05) is 30.3 Å². The fourth-order valence-electron chi connectivity index (χ4n) is 3.22. The Balaban J connectivity index is 1.99. The first-order valence-electron chi connectivity index (χ1n) is 8.45. The van der Waals surface area contributed by atoms with Gasteiger partial charge in [-0.2, -0.15) is 0 Å². The lowest BCUT2D eigenvalue weighted by Gasteiger charge is -2.39. The molecule has 0 unspecified atom stereocenters. The number of rotatable bonds is 6. The van der Waals surface area contributed by atoms with Crippen LogP contribution < -0.4 is 9.47 Å². The number of amides is 1. The predicted octanol–water partition coefficient (Wildman–Crippen LogP) is 2.97. The minimum atomic E-state index is -0.923. The second kappa shape index (κ2) is 8.35. The van der Waals surface area contributed by atoms with E-state index in [2.05, 4.69) is 0 Å². The summed E-state index contributed by atoms with van der Waals surface area (Å²) in [5.74, 6) is 0.370. The molecule has 0 aromatic heterocycles. The fourth-order valence-corrected chi connectivity index (χ4v) is 4.33. The SMILES string of the molecule is COc1ccc(CN2C(=O)CS[C@H](C(=O)O)[C@H]2c2ccccc2)c(OC)c1. The number of carboxylic acid groups (broad SMARTS) is 1. The molecule has 2 aromatic rings. The molecule has 7 heteroatoms. The van der Waals surface area contributed by atoms with Crippen LogP contribution in [0.5, 0.6) is 11.5 Å². The molecule has 1 heterocycles. The first-order valence-corrected chi connectivity index (χ1v) is 9.49. The monoisotopic (exact) mass is 387 g/mol. The van der Waals surface area contributed by atoms with Crippen molar-refractivity contribution in [3.8, 4) is 11.5 Å². The summed E-state index contributed by atoms with van der Waals surface area (Å²) in [6.45, 7) is 0.260. The Hall–Kier alpha value is -2.67. The van der Waals surface area contributed by atoms with Crippen molar-refractivity contribution in [1.82, 2.24) is 4.90 Å². The third-order valence-electron chi connectivity index (χ3n) is 4.55. The Morgan fingerprint density at radius 1 is 1.19 bits per heavy atom. The van der Waals surface area contributed by atoms with E-state index in [1.165, 1.54) is 11.8 Å². The van der Waals surface area contributed by atoms with Crippen LogP contribution in [0.4, 0.5) is 0 Å². The molecule has 0 aliphatic carbocycles. The van der Waals surface area contributed by atoms with Crippen LogP contribution in [0.15, 0.2) is 48.5 Å². The number of benzene rings is 2. The van der Waals surface area contributed by atoms with Crippen LogP contribution in [0.1, 0.15) is 17.2 Å². The molecule has 142 valence electrons. The Labute approximate surface area is 162 Å². The molecule has 0 bridgehead atoms. The number of nitrogens with zero attached hydrogens (tertiary/aromatic N) is 1. The minimum absolute atomic E-state index is 0.0933. The van der Waals surface area contributed by atoms with E-state index in [0.29, 0.717) is 11.5 Å². The maximum absolute atomic E-state index is 12.7. The standard InChI is InChI=1S/C20H21NO5S/c1-25-15-9-8-14(16(10-15)26-2)11-21-17(22)12-27-19(20(23)24)18(21)13-6-4-3-5-7-13/h3-10,18-19H,11-12H2,1-2H3,(H,23,24)/t18-,19+/m1/s1. The smallest absolute Gasteiger partial charge is 0.319 e. The third kappa shape index (κ3) is 4.03. The van der Waals surface area contributed by atoms with Gasteiger partial charge in [0.25, 0.3) is 0 Å². The summed E-state index contributed by atoms with van der Waals surface area (Å²) < 4.78 is 10.7. The highest BCUT2D eigenvalue weighted by Crippen LogP contribution is 2.39. The van der Waals surface area contributed by atoms with Crippen molar-refractivity contribution in [2.75, 3.05) is 20.0 Å². The molecule has 27 heavy (non-hydrogen) atoms. The molecule has 0 spiro atoms. The summed E-state index contributed by atoms with van der Waals surface area (Å²) in [5.41, 5.74) is 1.60. The number of carboxylic acids is 1. The summed E-state index contributed by atoms with van der Waals surface area (Å²) >= 11 is 1.17. The number of hydrogen-bond donors (Lipinski definition) is 1. The molecule has 2 aromatic carbocycles. The van der Waals surface area contributed by atoms with Gasteiger partial charge in [-0.3, -0.25) is 9.59 Å². The first-order chi connectivity index (χ1) is 13.0. The second-order valence-electron chi connectivity index (χ2n) is 6.12. The number of thioether (sulfide) groups is 1. The van der Waals surface area contributed by atoms with Crippen molar-refractivity contribution in [1.29, 1.82) is 0 Å². The molecule has 2 atom stereocenters. The van der Waals surface area contributed by atoms with Gasteiger partial charge < -0.3 is 19.5 Å². The highest BCUT2D eigenvalue weighted by Gasteiger charge is 2.41. The molecule has 6 nitrogen and oxygen atoms in total. The van der Waals surface area contributed by atoms with E-state index in [9.17, 15) is 14.7 Å². The normalized spacial score (nSPS) is 19.6. The Morgan fingerprint density at radius 2 is 1.93 bits per heavy atom. The van der Waals surface area contributed by atoms with E-state index >= 15 is 0 Å². The molecule has 1 N–H and O–H groups in total. The van der Waals surface area contributed by atoms with Gasteiger partial charge in [0.05, 0.1) is 32.6 Å². The molecule has 1 aliphatic heterocycles. The Morgan fingerprint density at radius 3 is 2.56 bits per heavy atom. The first kappa shape index (κ1) is 19.1. The van der Waals surface area contributed by atoms with Crippen molar-refractivity contribution in [2.24, 2.45) is 0 Å². The van der Waals surface area contributed by atoms with Crippen molar-refractivity contribution >= 4 is 23.6 Å². The van der Waals surface area contributed by atoms with Gasteiger partial charge in [0.15, 0.2) is 0 Å². The number of carbonyl (C=O) groups excluding carboxylic acids is 1. The zero-order valence-electron chi connectivity index (χ0n) is 15.1. The zero-order chi connectivity index (χ0) is 19.4. The third-order valence-corrected chi connectivity index (χ3v) is 5.78. The van der Waals surface area contributed by atoms with Gasteiger partial charge in [-0.15, -0.1) is 11.8 Å². The topological polar surface area (TPSA) is 76.1 Å². The number of carbonyl (C=O) groups is 2. The zero-order valence-corrected chi connectivity index (χ0v) is 15.9. The van der Waals surface area contributed by atoms with Gasteiger partial charge in [0, 0.05) is 11.6 Å². The maximum atomic E-state index is 12.7. The molecular formula is C20H21NO5S. The van der Waals surface area contributed by atoms with Crippen molar-refractivity contribution in [3.05, 3.63) is 59.7 Å². The average molecular weight is 387 g/mol. The van der Waals surface area contributed by atoms with E-state index in [4.69, 9.17) is 9.47 Å². The van der Waals surface area contributed by atoms with E-state index < -0.39 is 17.3 Å². The van der Waals surface area contributed by atoms with E-state index in [-0.39, 0.29) is 18.2 Å². The van der Waals surface area contributed by atoms with Crippen LogP contribution in [-0.4, -0.2) is 47.1 Å². The molecule has 1 amide bonds. The summed E-state index contributed by atoms with van der Waals surface area (Å²) in [4.78, 5) is 26.2. The Kier molecular flexibility index (Phi) is 5.91. The molecule has 1 aliphatic rings. The number of aliphatic carboxylic acids is 1. The van der Waals surface area contributed by atoms with E-state index in [1.807, 2.05) is 36.4 Å². The molecule has 0 radical (unpaired) electrons. The van der Waals surface area contributed by atoms with Crippen LogP contribution in [0.25, 0.3) is 0 Å². The van der Waals surface area contributed by atoms with Gasteiger partial charge in [-0.05, 0) is 17.7 Å². The van der Waals surface area contributed by atoms with Crippen molar-refractivity contribution in [2.45, 2.75) is 17.8 Å². The predicted molar refractivity (Wildman–Crippen MR) is 103 cm³/mol. The largest absolute Gasteiger partial charge is 0.497 e. The summed E-state index contributed by atoms with van der Waals surface area (Å²) in [7, 11) is 3.13. The highest BCUT2D eigenvalue weighted by atomic mass is 32.2. The lowest BCUT2D eigenvalue weighted by atomic mass is 10.00. The summed E-state index contributed by atoms with van der Waals surface area (Å²) in [5, 5.41) is 8.98. The maximum Gasteiger partial charge on any atom is 0.319 e.